The van der Waals surface area contributed by atoms with Crippen molar-refractivity contribution in [3.8, 4) is 23.0 Å². The van der Waals surface area contributed by atoms with Gasteiger partial charge in [0.1, 0.15) is 11.5 Å². The maximum Gasteiger partial charge on any atom is 0.312 e. The number of non-ortho nitro benzene ring substituents is 2. The van der Waals surface area contributed by atoms with Gasteiger partial charge in [-0.2, -0.15) is 0 Å². The molecule has 0 amide bonds. The number of aryl methyl sites for hydroxylation is 1. The standard InChI is InChI=1S/C77H96N4O7.C41H61NO3/c1-54(2)59(35-19-13-11-15-29-45-78-69-39-27-25-37-67(69)74(6,7)76(78)43-41-61-51-65(80(82)83)47-56(5)72(61)87-76)48-63(57-31-21-17-22-32-57)50-64(58-33-23-18-24-34-58)49-60(55(3)4)36-20-14-12-16-30-46-79-70-40-28-26-38-68(70)75(8,9)77(79)44-42-62-52-66(81(84)85)53-71(86-10)73(62)88-77;1-11-12-28-44-36(43)40(10,38(5,6)7)30-31(29-37(2,3)4)20-14-13-19-27-42-34-23-17-16-22-33(34)39(8,9)41(42)26-25-32-21-15-18-24-35(32)45-41/h17-18,21-28,31-34,37-44,47,51-55,59-60,63-64H,11-16,19-20,29-30,35-36,45-46,48-50H2,1-10H3;15-18,21-26,31H,11-14,19-20,27-30H2,1-10H3. The SMILES string of the molecule is CCCCOC(=O)C(C)(CC(CCCCCN1c2ccccc2C(C)(C)C12C=Cc1ccccc1O2)CC(C)(C)C)C(C)(C)C.COc1cc([N+](=O)[O-])cc2c1OC1(C=C2)N(CCCCCCCC(CC(CC(CC(CCCCCCCN2c3ccccc3C(C)(C)C23C=Cc2cc([N+](=O)[O-])cc(C)c2O3)C(C)C)c2ccccc2)c2ccccc2)C(C)C)c2ccccc2C1(C)C. The van der Waals surface area contributed by atoms with Crippen LogP contribution in [0.1, 0.15) is 334 Å². The molecule has 15 nitrogen and oxygen atoms in total. The lowest BCUT2D eigenvalue weighted by molar-refractivity contribution is -0.385. The molecule has 0 bridgehead atoms. The number of rotatable bonds is 42. The summed E-state index contributed by atoms with van der Waals surface area (Å²) in [6, 6.07) is 63.7. The topological polar surface area (TPSA) is 159 Å². The molecule has 0 N–H and O–H groups in total. The number of ether oxygens (including phenoxy) is 5. The number of carbonyl (C=O) groups excluding carboxylic acids is 1. The van der Waals surface area contributed by atoms with Crippen molar-refractivity contribution >= 4 is 52.6 Å². The Labute approximate surface area is 798 Å². The zero-order chi connectivity index (χ0) is 95.5. The number of carbonyl (C=O) groups is 1. The Kier molecular flexibility index (Phi) is 32.0. The molecule has 15 heteroatoms. The quantitative estimate of drug-likeness (QED) is 0.0154. The third-order valence-corrected chi connectivity index (χ3v) is 31.7. The van der Waals surface area contributed by atoms with Gasteiger partial charge in [-0.1, -0.05) is 300 Å². The van der Waals surface area contributed by atoms with Gasteiger partial charge in [0.25, 0.3) is 11.4 Å². The van der Waals surface area contributed by atoms with E-state index in [1.807, 2.05) is 19.1 Å². The highest BCUT2D eigenvalue weighted by Crippen LogP contribution is 2.61. The van der Waals surface area contributed by atoms with Crippen molar-refractivity contribution in [3.05, 3.63) is 271 Å². The second kappa shape index (κ2) is 42.4. The smallest absolute Gasteiger partial charge is 0.312 e. The largest absolute Gasteiger partial charge is 0.493 e. The van der Waals surface area contributed by atoms with Gasteiger partial charge in [0.15, 0.2) is 11.5 Å². The fraction of sp³-hybridized carbons (Fsp3) is 0.534. The van der Waals surface area contributed by atoms with Crippen molar-refractivity contribution in [2.45, 2.75) is 324 Å². The van der Waals surface area contributed by atoms with E-state index in [2.05, 4.69) is 321 Å². The van der Waals surface area contributed by atoms with Gasteiger partial charge in [0.2, 0.25) is 17.2 Å². The van der Waals surface area contributed by atoms with Crippen molar-refractivity contribution in [3.63, 3.8) is 0 Å². The predicted octanol–water partition coefficient (Wildman–Crippen LogP) is 31.3. The van der Waals surface area contributed by atoms with Crippen LogP contribution >= 0.6 is 0 Å². The second-order valence-corrected chi connectivity index (χ2v) is 44.4. The molecule has 14 rings (SSSR count). The number of hydrogen-bond acceptors (Lipinski definition) is 13. The first-order chi connectivity index (χ1) is 63.3. The van der Waals surface area contributed by atoms with Gasteiger partial charge in [-0.3, -0.25) is 25.0 Å². The molecule has 6 aliphatic rings. The monoisotopic (exact) mass is 1800 g/mol. The van der Waals surface area contributed by atoms with E-state index in [9.17, 15) is 25.0 Å². The first kappa shape index (κ1) is 100. The highest BCUT2D eigenvalue weighted by atomic mass is 16.6. The molecule has 133 heavy (non-hydrogen) atoms. The van der Waals surface area contributed by atoms with Gasteiger partial charge in [-0.25, -0.2) is 0 Å². The Morgan fingerprint density at radius 2 is 0.835 bits per heavy atom. The molecule has 8 aromatic carbocycles. The summed E-state index contributed by atoms with van der Waals surface area (Å²) >= 11 is 0. The van der Waals surface area contributed by atoms with Crippen LogP contribution in [0.2, 0.25) is 0 Å². The van der Waals surface area contributed by atoms with Gasteiger partial charge in [-0.15, -0.1) is 0 Å². The molecular formula is C118H157N5O10. The molecule has 9 atom stereocenters. The van der Waals surface area contributed by atoms with Crippen LogP contribution in [0.3, 0.4) is 0 Å². The van der Waals surface area contributed by atoms with E-state index >= 15 is 0 Å². The molecule has 6 aliphatic heterocycles. The zero-order valence-corrected chi connectivity index (χ0v) is 84.2. The summed E-state index contributed by atoms with van der Waals surface area (Å²) < 4.78 is 32.8. The number of fused-ring (bicyclic) bond motifs is 6. The molecule has 714 valence electrons. The van der Waals surface area contributed by atoms with Crippen molar-refractivity contribution in [1.29, 1.82) is 0 Å². The van der Waals surface area contributed by atoms with Crippen molar-refractivity contribution in [2.75, 3.05) is 48.1 Å². The molecule has 0 aromatic heterocycles. The number of unbranched alkanes of at least 4 members (excludes halogenated alkanes) is 11. The summed E-state index contributed by atoms with van der Waals surface area (Å²) in [6.45, 7) is 46.4. The second-order valence-electron chi connectivity index (χ2n) is 44.4. The average Bonchev–Trinajstić information content (AvgIpc) is 1.54. The van der Waals surface area contributed by atoms with Gasteiger partial charge in [-0.05, 0) is 260 Å². The fourth-order valence-electron chi connectivity index (χ4n) is 23.2. The Morgan fingerprint density at radius 3 is 1.28 bits per heavy atom. The zero-order valence-electron chi connectivity index (χ0n) is 84.2. The van der Waals surface area contributed by atoms with E-state index < -0.39 is 28.0 Å². The highest BCUT2D eigenvalue weighted by molar-refractivity contribution is 5.79. The minimum Gasteiger partial charge on any atom is -0.493 e. The lowest BCUT2D eigenvalue weighted by atomic mass is 9.62. The molecule has 9 unspecified atom stereocenters. The van der Waals surface area contributed by atoms with Gasteiger partial charge >= 0.3 is 5.97 Å². The Balaban J connectivity index is 0.000000280. The van der Waals surface area contributed by atoms with Crippen LogP contribution in [0.15, 0.2) is 200 Å². The van der Waals surface area contributed by atoms with Crippen molar-refractivity contribution in [1.82, 2.24) is 0 Å². The van der Waals surface area contributed by atoms with Crippen LogP contribution in [0.25, 0.3) is 18.2 Å². The molecule has 0 radical (unpaired) electrons. The number of nitro benzene ring substituents is 2. The van der Waals surface area contributed by atoms with E-state index in [0.29, 0.717) is 65.1 Å². The summed E-state index contributed by atoms with van der Waals surface area (Å²) in [6.07, 6.45) is 38.9. The molecular weight excluding hydrogens is 1650 g/mol. The average molecular weight is 1810 g/mol. The van der Waals surface area contributed by atoms with Crippen molar-refractivity contribution < 1.29 is 38.3 Å². The predicted molar refractivity (Wildman–Crippen MR) is 550 cm³/mol. The van der Waals surface area contributed by atoms with Crippen LogP contribution in [0.5, 0.6) is 23.0 Å². The highest BCUT2D eigenvalue weighted by Gasteiger charge is 2.62. The Hall–Kier alpha value is -10.2. The van der Waals surface area contributed by atoms with E-state index in [4.69, 9.17) is 23.7 Å². The van der Waals surface area contributed by atoms with Gasteiger partial charge in [0.05, 0.1) is 51.3 Å². The molecule has 3 spiro atoms. The maximum absolute atomic E-state index is 13.5. The molecule has 6 heterocycles. The summed E-state index contributed by atoms with van der Waals surface area (Å²) in [5.41, 5.74) is 10.2. The summed E-state index contributed by atoms with van der Waals surface area (Å²) in [5.74, 6) is 6.39. The summed E-state index contributed by atoms with van der Waals surface area (Å²) in [5, 5.41) is 23.6. The Bertz CT molecular complexity index is 5360. The number of esters is 1. The lowest BCUT2D eigenvalue weighted by Gasteiger charge is -2.47. The number of hydrogen-bond donors (Lipinski definition) is 0. The van der Waals surface area contributed by atoms with E-state index in [1.54, 1.807) is 25.3 Å². The molecule has 0 saturated heterocycles. The molecule has 0 aliphatic carbocycles. The minimum atomic E-state index is -0.825. The number of anilines is 3. The molecule has 0 saturated carbocycles. The molecule has 0 fully saturated rings. The van der Waals surface area contributed by atoms with Crippen molar-refractivity contribution in [2.24, 2.45) is 45.8 Å². The van der Waals surface area contributed by atoms with E-state index in [1.165, 1.54) is 115 Å². The minimum absolute atomic E-state index is 0.0198. The maximum atomic E-state index is 13.5. The van der Waals surface area contributed by atoms with Crippen LogP contribution in [-0.4, -0.2) is 66.3 Å². The third kappa shape index (κ3) is 21.4. The third-order valence-electron chi connectivity index (χ3n) is 31.7. The number of nitrogens with zero attached hydrogens (tertiary/aromatic N) is 5. The van der Waals surface area contributed by atoms with E-state index in [-0.39, 0.29) is 48.9 Å². The van der Waals surface area contributed by atoms with E-state index in [0.717, 1.165) is 131 Å². The van der Waals surface area contributed by atoms with Gasteiger partial charge in [0, 0.05) is 71.6 Å². The number of benzene rings is 8. The Morgan fingerprint density at radius 1 is 0.444 bits per heavy atom. The number of nitro groups is 2. The first-order valence-electron chi connectivity index (χ1n) is 50.6. The number of para-hydroxylation sites is 4. The first-order valence-corrected chi connectivity index (χ1v) is 50.6. The summed E-state index contributed by atoms with van der Waals surface area (Å²) in [7, 11) is 1.54. The molecule has 8 aromatic rings. The van der Waals surface area contributed by atoms with Gasteiger partial charge < -0.3 is 38.4 Å². The van der Waals surface area contributed by atoms with Crippen LogP contribution < -0.4 is 33.6 Å². The summed E-state index contributed by atoms with van der Waals surface area (Å²) in [4.78, 5) is 43.8. The van der Waals surface area contributed by atoms with Crippen LogP contribution in [0, 0.1) is 73.0 Å². The van der Waals surface area contributed by atoms with Crippen LogP contribution in [-0.2, 0) is 25.8 Å². The van der Waals surface area contributed by atoms with Crippen LogP contribution in [0.4, 0.5) is 28.4 Å². The normalized spacial score (nSPS) is 20.0. The fourth-order valence-corrected chi connectivity index (χ4v) is 23.2. The number of methoxy groups -OCH3 is 1. The lowest BCUT2D eigenvalue weighted by Crippen LogP contribution is -2.59.